The Hall–Kier alpha value is -3.51. The lowest BCUT2D eigenvalue weighted by atomic mass is 9.93. The van der Waals surface area contributed by atoms with E-state index >= 15 is 0 Å². The van der Waals surface area contributed by atoms with Crippen LogP contribution in [0.5, 0.6) is 0 Å². The summed E-state index contributed by atoms with van der Waals surface area (Å²) in [6.07, 6.45) is -11.5. The second-order valence-corrected chi connectivity index (χ2v) is 9.86. The quantitative estimate of drug-likeness (QED) is 0.402. The van der Waals surface area contributed by atoms with Gasteiger partial charge in [0.1, 0.15) is 5.82 Å². The van der Waals surface area contributed by atoms with Crippen LogP contribution in [0.1, 0.15) is 43.4 Å². The summed E-state index contributed by atoms with van der Waals surface area (Å²) in [5.41, 5.74) is -3.28. The van der Waals surface area contributed by atoms with Gasteiger partial charge in [0.25, 0.3) is 0 Å². The molecule has 1 N–H and O–H groups in total. The summed E-state index contributed by atoms with van der Waals surface area (Å²) in [5.74, 6) is -0.311. The molecule has 1 heterocycles. The Bertz CT molecular complexity index is 1120. The van der Waals surface area contributed by atoms with E-state index in [9.17, 15) is 45.4 Å². The molecule has 0 spiro atoms. The summed E-state index contributed by atoms with van der Waals surface area (Å²) in [6.45, 7) is 6.29. The fourth-order valence-electron chi connectivity index (χ4n) is 3.99. The molecule has 216 valence electrons. The minimum absolute atomic E-state index is 0.0438. The van der Waals surface area contributed by atoms with Crippen molar-refractivity contribution in [1.29, 1.82) is 0 Å². The van der Waals surface area contributed by atoms with Crippen molar-refractivity contribution in [3.05, 3.63) is 65.0 Å². The normalized spacial score (nSPS) is 17.5. The fraction of sp³-hybridized carbons (Fsp3) is 0.462. The van der Waals surface area contributed by atoms with Crippen molar-refractivity contribution in [1.82, 2.24) is 9.80 Å². The molecule has 2 atom stereocenters. The number of alkyl halides is 6. The number of nitrogens with zero attached hydrogens (tertiary/aromatic N) is 3. The molecule has 2 aromatic rings. The van der Waals surface area contributed by atoms with Crippen LogP contribution in [0.25, 0.3) is 0 Å². The van der Waals surface area contributed by atoms with Gasteiger partial charge in [-0.2, -0.15) is 26.3 Å². The third-order valence-corrected chi connectivity index (χ3v) is 5.90. The smallest absolute Gasteiger partial charge is 0.416 e. The first kappa shape index (κ1) is 31.7. The van der Waals surface area contributed by atoms with E-state index in [1.165, 1.54) is 19.2 Å². The van der Waals surface area contributed by atoms with Crippen molar-refractivity contribution in [2.24, 2.45) is 5.92 Å². The van der Waals surface area contributed by atoms with E-state index < -0.39 is 59.1 Å². The molecule has 0 bridgehead atoms. The number of carbonyl (C=O) groups excluding carboxylic acids is 1. The van der Waals surface area contributed by atoms with E-state index in [0.717, 1.165) is 34.9 Å². The molecule has 1 fully saturated rings. The van der Waals surface area contributed by atoms with Crippen molar-refractivity contribution >= 4 is 17.8 Å². The molecular weight excluding hydrogens is 535 g/mol. The molecule has 0 aromatic heterocycles. The zero-order chi connectivity index (χ0) is 29.9. The zero-order valence-corrected chi connectivity index (χ0v) is 21.9. The summed E-state index contributed by atoms with van der Waals surface area (Å²) in [5, 5.41) is 9.40. The van der Waals surface area contributed by atoms with Gasteiger partial charge in [-0.3, -0.25) is 4.90 Å². The summed E-state index contributed by atoms with van der Waals surface area (Å²) >= 11 is 0. The minimum atomic E-state index is -5.09. The number of carbonyl (C=O) groups is 2. The Labute approximate surface area is 221 Å². The second-order valence-electron chi connectivity index (χ2n) is 9.86. The van der Waals surface area contributed by atoms with Gasteiger partial charge in [-0.05, 0) is 41.8 Å². The predicted octanol–water partition coefficient (Wildman–Crippen LogP) is 7.16. The highest BCUT2D eigenvalue weighted by atomic mass is 19.4. The molecular formula is C26H30F7N3O3. The van der Waals surface area contributed by atoms with Gasteiger partial charge in [0.05, 0.1) is 17.2 Å². The van der Waals surface area contributed by atoms with Crippen LogP contribution in [0.4, 0.5) is 46.0 Å². The van der Waals surface area contributed by atoms with E-state index in [-0.39, 0.29) is 19.2 Å². The maximum atomic E-state index is 13.4. The molecule has 13 heteroatoms. The van der Waals surface area contributed by atoms with Gasteiger partial charge < -0.3 is 14.9 Å². The van der Waals surface area contributed by atoms with Gasteiger partial charge in [-0.25, -0.2) is 14.0 Å². The lowest BCUT2D eigenvalue weighted by molar-refractivity contribution is -0.143. The minimum Gasteiger partial charge on any atom is -0.465 e. The predicted molar refractivity (Wildman–Crippen MR) is 131 cm³/mol. The lowest BCUT2D eigenvalue weighted by Gasteiger charge is -2.33. The molecule has 0 aliphatic carbocycles. The van der Waals surface area contributed by atoms with E-state index in [2.05, 4.69) is 20.8 Å². The summed E-state index contributed by atoms with van der Waals surface area (Å²) < 4.78 is 92.7. The average Bonchev–Trinajstić information content (AvgIpc) is 3.27. The number of hydrogen-bond donors (Lipinski definition) is 1. The number of rotatable bonds is 3. The van der Waals surface area contributed by atoms with Crippen LogP contribution in [0.15, 0.2) is 42.5 Å². The van der Waals surface area contributed by atoms with Crippen molar-refractivity contribution < 1.29 is 45.4 Å². The van der Waals surface area contributed by atoms with Crippen molar-refractivity contribution in [3.63, 3.8) is 0 Å². The third kappa shape index (κ3) is 8.24. The highest BCUT2D eigenvalue weighted by molar-refractivity contribution is 5.92. The first-order chi connectivity index (χ1) is 17.8. The van der Waals surface area contributed by atoms with Crippen LogP contribution in [-0.2, 0) is 12.4 Å². The molecule has 39 heavy (non-hydrogen) atoms. The summed E-state index contributed by atoms with van der Waals surface area (Å²) in [6, 6.07) is 4.19. The SMILES string of the molecule is CC(C)C.CN(C(=O)N(C)[C@@H]1CN(C(=O)O)C[C@H]1c1ccc(F)cc1)c1cc(C(F)(F)F)cc(C(F)(F)F)c1. The van der Waals surface area contributed by atoms with E-state index in [1.807, 2.05) is 0 Å². The monoisotopic (exact) mass is 565 g/mol. The number of halogens is 7. The molecule has 0 saturated carbocycles. The average molecular weight is 566 g/mol. The van der Waals surface area contributed by atoms with Crippen LogP contribution < -0.4 is 4.90 Å². The van der Waals surface area contributed by atoms with Gasteiger partial charge in [0.2, 0.25) is 0 Å². The van der Waals surface area contributed by atoms with Gasteiger partial charge in [0.15, 0.2) is 0 Å². The maximum absolute atomic E-state index is 13.4. The lowest BCUT2D eigenvalue weighted by Crippen LogP contribution is -2.47. The number of anilines is 1. The molecule has 1 aliphatic rings. The number of likely N-dealkylation sites (tertiary alicyclic amines) is 1. The molecule has 3 rings (SSSR count). The Morgan fingerprint density at radius 3 is 1.77 bits per heavy atom. The highest BCUT2D eigenvalue weighted by Gasteiger charge is 2.42. The second kappa shape index (κ2) is 12.1. The number of carboxylic acid groups (broad SMARTS) is 1. The van der Waals surface area contributed by atoms with Crippen LogP contribution in [-0.4, -0.2) is 60.3 Å². The largest absolute Gasteiger partial charge is 0.465 e. The van der Waals surface area contributed by atoms with Crippen LogP contribution in [0.3, 0.4) is 0 Å². The van der Waals surface area contributed by atoms with Crippen molar-refractivity contribution in [3.8, 4) is 0 Å². The summed E-state index contributed by atoms with van der Waals surface area (Å²) in [7, 11) is 2.29. The highest BCUT2D eigenvalue weighted by Crippen LogP contribution is 2.39. The number of hydrogen-bond acceptors (Lipinski definition) is 2. The number of urea groups is 1. The topological polar surface area (TPSA) is 64.1 Å². The summed E-state index contributed by atoms with van der Waals surface area (Å²) in [4.78, 5) is 27.4. The standard InChI is InChI=1S/C22H20F7N3O3.C4H10/c1-30(16-8-13(21(24,25)26)7-14(9-16)22(27,28)29)19(33)31(2)18-11-32(20(34)35)10-17(18)12-3-5-15(23)6-4-12;1-4(2)3/h3-9,17-18H,10-11H2,1-2H3,(H,34,35);4H,1-3H3/t17-,18+;/m0./s1. The first-order valence-corrected chi connectivity index (χ1v) is 11.9. The Balaban J connectivity index is 0.00000124. The van der Waals surface area contributed by atoms with Gasteiger partial charge in [0, 0.05) is 38.8 Å². The molecule has 1 aliphatic heterocycles. The Morgan fingerprint density at radius 2 is 1.36 bits per heavy atom. The Morgan fingerprint density at radius 1 is 0.897 bits per heavy atom. The van der Waals surface area contributed by atoms with Crippen LogP contribution in [0, 0.1) is 11.7 Å². The fourth-order valence-corrected chi connectivity index (χ4v) is 3.99. The Kier molecular flexibility index (Phi) is 9.86. The number of likely N-dealkylation sites (N-methyl/N-ethyl adjacent to an activating group) is 1. The number of amides is 3. The first-order valence-electron chi connectivity index (χ1n) is 11.9. The van der Waals surface area contributed by atoms with E-state index in [0.29, 0.717) is 22.6 Å². The maximum Gasteiger partial charge on any atom is 0.416 e. The van der Waals surface area contributed by atoms with E-state index in [1.54, 1.807) is 0 Å². The van der Waals surface area contributed by atoms with Crippen LogP contribution in [0.2, 0.25) is 0 Å². The van der Waals surface area contributed by atoms with Gasteiger partial charge >= 0.3 is 24.5 Å². The van der Waals surface area contributed by atoms with Crippen molar-refractivity contribution in [2.45, 2.75) is 45.1 Å². The molecule has 0 unspecified atom stereocenters. The van der Waals surface area contributed by atoms with E-state index in [4.69, 9.17) is 0 Å². The van der Waals surface area contributed by atoms with Crippen LogP contribution >= 0.6 is 0 Å². The molecule has 2 aromatic carbocycles. The number of benzene rings is 2. The molecule has 6 nitrogen and oxygen atoms in total. The van der Waals surface area contributed by atoms with Gasteiger partial charge in [-0.1, -0.05) is 32.9 Å². The molecule has 1 saturated heterocycles. The third-order valence-electron chi connectivity index (χ3n) is 5.90. The zero-order valence-electron chi connectivity index (χ0n) is 21.9. The van der Waals surface area contributed by atoms with Gasteiger partial charge in [-0.15, -0.1) is 0 Å². The molecule has 3 amide bonds. The van der Waals surface area contributed by atoms with Crippen molar-refractivity contribution in [2.75, 3.05) is 32.1 Å². The molecule has 0 radical (unpaired) electrons.